The van der Waals surface area contributed by atoms with Crippen LogP contribution in [0.25, 0.3) is 16.3 Å². The minimum absolute atomic E-state index is 0.0706. The van der Waals surface area contributed by atoms with Gasteiger partial charge in [-0.1, -0.05) is 24.3 Å². The van der Waals surface area contributed by atoms with Gasteiger partial charge in [0.1, 0.15) is 5.01 Å². The van der Waals surface area contributed by atoms with Crippen molar-refractivity contribution in [3.8, 4) is 5.75 Å². The van der Waals surface area contributed by atoms with Crippen LogP contribution in [0, 0.1) is 0 Å². The van der Waals surface area contributed by atoms with Gasteiger partial charge in [-0.2, -0.15) is 0 Å². The number of carbonyl (C=O) groups is 1. The van der Waals surface area contributed by atoms with Crippen molar-refractivity contribution in [3.63, 3.8) is 0 Å². The maximum Gasteiger partial charge on any atom is 0.573 e. The zero-order valence-corrected chi connectivity index (χ0v) is 13.4. The van der Waals surface area contributed by atoms with E-state index in [0.29, 0.717) is 5.01 Å². The van der Waals surface area contributed by atoms with Crippen molar-refractivity contribution in [1.29, 1.82) is 0 Å². The maximum absolute atomic E-state index is 12.4. The molecule has 0 spiro atoms. The number of carbonyl (C=O) groups excluding carboxylic acids is 1. The zero-order valence-electron chi connectivity index (χ0n) is 12.6. The average Bonchev–Trinajstić information content (AvgIpc) is 2.96. The predicted octanol–water partition coefficient (Wildman–Crippen LogP) is 4.85. The number of aromatic nitrogens is 1. The molecule has 4 nitrogen and oxygen atoms in total. The zero-order chi connectivity index (χ0) is 17.9. The molecule has 3 rings (SSSR count). The number of para-hydroxylation sites is 3. The summed E-state index contributed by atoms with van der Waals surface area (Å²) < 4.78 is 42.0. The Hall–Kier alpha value is -2.87. The summed E-state index contributed by atoms with van der Waals surface area (Å²) in [4.78, 5) is 16.3. The standard InChI is InChI=1S/C17H11F3N2O2S/c18-17(19,20)24-13-7-3-1-5-11(13)21-15(23)9-10-16-22-12-6-2-4-8-14(12)25-16/h1-10H,(H,21,23)/b10-9+. The third-order valence-electron chi connectivity index (χ3n) is 3.06. The second kappa shape index (κ2) is 6.94. The molecule has 8 heteroatoms. The van der Waals surface area contributed by atoms with Gasteiger partial charge in [0.2, 0.25) is 5.91 Å². The third kappa shape index (κ3) is 4.57. The molecule has 0 saturated heterocycles. The van der Waals surface area contributed by atoms with E-state index in [2.05, 4.69) is 15.0 Å². The Morgan fingerprint density at radius 3 is 2.60 bits per heavy atom. The average molecular weight is 364 g/mol. The molecule has 0 radical (unpaired) electrons. The van der Waals surface area contributed by atoms with E-state index in [1.807, 2.05) is 24.3 Å². The molecule has 0 aliphatic carbocycles. The monoisotopic (exact) mass is 364 g/mol. The Balaban J connectivity index is 1.72. The van der Waals surface area contributed by atoms with Crippen LogP contribution >= 0.6 is 11.3 Å². The molecule has 2 aromatic carbocycles. The van der Waals surface area contributed by atoms with E-state index in [1.165, 1.54) is 41.7 Å². The van der Waals surface area contributed by atoms with Crippen molar-refractivity contribution in [2.24, 2.45) is 0 Å². The highest BCUT2D eigenvalue weighted by Crippen LogP contribution is 2.30. The van der Waals surface area contributed by atoms with Gasteiger partial charge >= 0.3 is 6.36 Å². The lowest BCUT2D eigenvalue weighted by Crippen LogP contribution is -2.19. The molecule has 1 aromatic heterocycles. The molecule has 0 aliphatic heterocycles. The first-order valence-electron chi connectivity index (χ1n) is 7.10. The summed E-state index contributed by atoms with van der Waals surface area (Å²) in [7, 11) is 0. The van der Waals surface area contributed by atoms with Crippen molar-refractivity contribution in [3.05, 3.63) is 59.6 Å². The number of fused-ring (bicyclic) bond motifs is 1. The minimum atomic E-state index is -4.84. The first-order valence-corrected chi connectivity index (χ1v) is 7.92. The highest BCUT2D eigenvalue weighted by Gasteiger charge is 2.32. The molecular formula is C17H11F3N2O2S. The number of benzene rings is 2. The summed E-state index contributed by atoms with van der Waals surface area (Å²) in [5.41, 5.74) is 0.746. The summed E-state index contributed by atoms with van der Waals surface area (Å²) in [6.07, 6.45) is -2.12. The number of ether oxygens (including phenoxy) is 1. The van der Waals surface area contributed by atoms with Gasteiger partial charge in [0.05, 0.1) is 15.9 Å². The molecule has 0 aliphatic rings. The second-order valence-corrected chi connectivity index (χ2v) is 5.95. The molecule has 0 fully saturated rings. The van der Waals surface area contributed by atoms with Crippen LogP contribution in [0.3, 0.4) is 0 Å². The fourth-order valence-electron chi connectivity index (χ4n) is 2.07. The van der Waals surface area contributed by atoms with Gasteiger partial charge in [-0.15, -0.1) is 24.5 Å². The quantitative estimate of drug-likeness (QED) is 0.674. The van der Waals surface area contributed by atoms with Gasteiger partial charge in [-0.3, -0.25) is 4.79 Å². The molecule has 128 valence electrons. The molecule has 1 N–H and O–H groups in total. The van der Waals surface area contributed by atoms with Crippen LogP contribution in [-0.2, 0) is 4.79 Å². The summed E-state index contributed by atoms with van der Waals surface area (Å²) in [6, 6.07) is 12.8. The van der Waals surface area contributed by atoms with E-state index in [4.69, 9.17) is 0 Å². The topological polar surface area (TPSA) is 51.2 Å². The fraction of sp³-hybridized carbons (Fsp3) is 0.0588. The number of anilines is 1. The van der Waals surface area contributed by atoms with Crippen molar-refractivity contribution in [2.45, 2.75) is 6.36 Å². The van der Waals surface area contributed by atoms with E-state index >= 15 is 0 Å². The van der Waals surface area contributed by atoms with Gasteiger partial charge < -0.3 is 10.1 Å². The highest BCUT2D eigenvalue weighted by atomic mass is 32.1. The summed E-state index contributed by atoms with van der Waals surface area (Å²) in [6.45, 7) is 0. The SMILES string of the molecule is O=C(/C=C/c1nc2ccccc2s1)Nc1ccccc1OC(F)(F)F. The lowest BCUT2D eigenvalue weighted by atomic mass is 10.3. The van der Waals surface area contributed by atoms with Crippen LogP contribution in [0.1, 0.15) is 5.01 Å². The predicted molar refractivity (Wildman–Crippen MR) is 90.4 cm³/mol. The van der Waals surface area contributed by atoms with Crippen molar-refractivity contribution in [2.75, 3.05) is 5.32 Å². The first-order chi connectivity index (χ1) is 11.9. The van der Waals surface area contributed by atoms with Gasteiger partial charge in [0.25, 0.3) is 0 Å². The van der Waals surface area contributed by atoms with E-state index in [9.17, 15) is 18.0 Å². The van der Waals surface area contributed by atoms with Gasteiger partial charge in [0.15, 0.2) is 5.75 Å². The first kappa shape index (κ1) is 17.0. The molecule has 25 heavy (non-hydrogen) atoms. The number of hydrogen-bond donors (Lipinski definition) is 1. The Bertz CT molecular complexity index is 902. The number of nitrogens with one attached hydrogen (secondary N) is 1. The molecular weight excluding hydrogens is 353 g/mol. The number of amides is 1. The summed E-state index contributed by atoms with van der Waals surface area (Å²) >= 11 is 1.41. The van der Waals surface area contributed by atoms with Gasteiger partial charge in [-0.25, -0.2) is 4.98 Å². The largest absolute Gasteiger partial charge is 0.573 e. The molecule has 0 unspecified atom stereocenters. The normalized spacial score (nSPS) is 11.8. The molecule has 0 bridgehead atoms. The van der Waals surface area contributed by atoms with Crippen LogP contribution in [0.15, 0.2) is 54.6 Å². The smallest absolute Gasteiger partial charge is 0.404 e. The summed E-state index contributed by atoms with van der Waals surface area (Å²) in [5, 5.41) is 2.98. The lowest BCUT2D eigenvalue weighted by Gasteiger charge is -2.12. The third-order valence-corrected chi connectivity index (χ3v) is 4.06. The van der Waals surface area contributed by atoms with Gasteiger partial charge in [0, 0.05) is 6.08 Å². The van der Waals surface area contributed by atoms with Crippen LogP contribution in [0.2, 0.25) is 0 Å². The Kier molecular flexibility index (Phi) is 4.71. The molecule has 0 atom stereocenters. The number of hydrogen-bond acceptors (Lipinski definition) is 4. The number of nitrogens with zero attached hydrogens (tertiary/aromatic N) is 1. The summed E-state index contributed by atoms with van der Waals surface area (Å²) in [5.74, 6) is -1.06. The van der Waals surface area contributed by atoms with E-state index < -0.39 is 18.0 Å². The van der Waals surface area contributed by atoms with Crippen LogP contribution < -0.4 is 10.1 Å². The number of alkyl halides is 3. The fourth-order valence-corrected chi connectivity index (χ4v) is 2.94. The molecule has 1 amide bonds. The van der Waals surface area contributed by atoms with E-state index in [1.54, 1.807) is 0 Å². The van der Waals surface area contributed by atoms with Crippen molar-refractivity contribution < 1.29 is 22.7 Å². The van der Waals surface area contributed by atoms with Crippen LogP contribution in [0.4, 0.5) is 18.9 Å². The maximum atomic E-state index is 12.4. The number of rotatable bonds is 4. The van der Waals surface area contributed by atoms with E-state index in [-0.39, 0.29) is 5.69 Å². The Morgan fingerprint density at radius 2 is 1.84 bits per heavy atom. The van der Waals surface area contributed by atoms with E-state index in [0.717, 1.165) is 16.3 Å². The van der Waals surface area contributed by atoms with Crippen LogP contribution in [0.5, 0.6) is 5.75 Å². The number of halogens is 3. The molecule has 3 aromatic rings. The molecule has 0 saturated carbocycles. The Labute approximate surface area is 144 Å². The van der Waals surface area contributed by atoms with Crippen molar-refractivity contribution in [1.82, 2.24) is 4.98 Å². The highest BCUT2D eigenvalue weighted by molar-refractivity contribution is 7.19. The number of thiazole rings is 1. The lowest BCUT2D eigenvalue weighted by molar-refractivity contribution is -0.274. The minimum Gasteiger partial charge on any atom is -0.404 e. The Morgan fingerprint density at radius 1 is 1.12 bits per heavy atom. The van der Waals surface area contributed by atoms with Crippen LogP contribution in [-0.4, -0.2) is 17.3 Å². The van der Waals surface area contributed by atoms with Gasteiger partial charge in [-0.05, 0) is 30.3 Å². The second-order valence-electron chi connectivity index (χ2n) is 4.89. The molecule has 1 heterocycles. The van der Waals surface area contributed by atoms with Crippen molar-refractivity contribution >= 4 is 39.2 Å².